The highest BCUT2D eigenvalue weighted by atomic mass is 79.9. The number of methoxy groups -OCH3 is 1. The van der Waals surface area contributed by atoms with E-state index in [0.717, 1.165) is 0 Å². The molecule has 0 saturated carbocycles. The van der Waals surface area contributed by atoms with Crippen LogP contribution in [0.25, 0.3) is 6.08 Å². The molecule has 0 fully saturated rings. The SMILES string of the molecule is COc1cc(C=C2N=C(c3ccccc3F)OC2=O)cc(Br)c1OC(C)=O. The first kappa shape index (κ1) is 18.8. The molecule has 0 unspecified atom stereocenters. The number of carbonyl (C=O) groups excluding carboxylic acids is 2. The van der Waals surface area contributed by atoms with E-state index < -0.39 is 17.8 Å². The number of nitrogens with zero attached hydrogens (tertiary/aromatic N) is 1. The van der Waals surface area contributed by atoms with Gasteiger partial charge < -0.3 is 14.2 Å². The number of ether oxygens (including phenoxy) is 3. The van der Waals surface area contributed by atoms with Gasteiger partial charge in [-0.3, -0.25) is 4.79 Å². The van der Waals surface area contributed by atoms with Crippen molar-refractivity contribution >= 4 is 39.8 Å². The van der Waals surface area contributed by atoms with Gasteiger partial charge in [-0.1, -0.05) is 12.1 Å². The smallest absolute Gasteiger partial charge is 0.363 e. The highest BCUT2D eigenvalue weighted by Crippen LogP contribution is 2.37. The molecule has 0 radical (unpaired) electrons. The molecular weight excluding hydrogens is 421 g/mol. The van der Waals surface area contributed by atoms with Crippen molar-refractivity contribution in [1.29, 1.82) is 0 Å². The second kappa shape index (κ2) is 7.71. The molecule has 0 N–H and O–H groups in total. The molecule has 1 aliphatic rings. The number of halogens is 2. The summed E-state index contributed by atoms with van der Waals surface area (Å²) in [6.07, 6.45) is 1.46. The lowest BCUT2D eigenvalue weighted by Crippen LogP contribution is -2.07. The standard InChI is InChI=1S/C19H13BrFNO5/c1-10(23)26-17-13(20)7-11(9-16(17)25-2)8-15-19(24)27-18(22-15)12-5-3-4-6-14(12)21/h3-9H,1-2H3. The lowest BCUT2D eigenvalue weighted by atomic mass is 10.1. The van der Waals surface area contributed by atoms with Gasteiger partial charge in [-0.05, 0) is 51.8 Å². The summed E-state index contributed by atoms with van der Waals surface area (Å²) in [7, 11) is 1.42. The van der Waals surface area contributed by atoms with Crippen LogP contribution in [0, 0.1) is 5.82 Å². The van der Waals surface area contributed by atoms with E-state index in [-0.39, 0.29) is 28.7 Å². The Labute approximate surface area is 162 Å². The third-order valence-electron chi connectivity index (χ3n) is 3.53. The second-order valence-corrected chi connectivity index (χ2v) is 6.30. The van der Waals surface area contributed by atoms with Crippen LogP contribution in [0.3, 0.4) is 0 Å². The van der Waals surface area contributed by atoms with Gasteiger partial charge in [0.05, 0.1) is 17.1 Å². The van der Waals surface area contributed by atoms with Gasteiger partial charge in [-0.25, -0.2) is 14.2 Å². The largest absolute Gasteiger partial charge is 0.493 e. The summed E-state index contributed by atoms with van der Waals surface area (Å²) < 4.78 is 29.7. The summed E-state index contributed by atoms with van der Waals surface area (Å²) in [4.78, 5) is 27.4. The normalized spacial score (nSPS) is 14.7. The maximum absolute atomic E-state index is 13.9. The van der Waals surface area contributed by atoms with Gasteiger partial charge in [0.15, 0.2) is 17.2 Å². The van der Waals surface area contributed by atoms with Crippen molar-refractivity contribution in [2.24, 2.45) is 4.99 Å². The molecule has 138 valence electrons. The molecule has 2 aromatic rings. The first-order chi connectivity index (χ1) is 12.9. The summed E-state index contributed by atoms with van der Waals surface area (Å²) >= 11 is 3.30. The third-order valence-corrected chi connectivity index (χ3v) is 4.11. The maximum Gasteiger partial charge on any atom is 0.363 e. The van der Waals surface area contributed by atoms with Gasteiger partial charge in [0.2, 0.25) is 5.90 Å². The fourth-order valence-corrected chi connectivity index (χ4v) is 2.92. The minimum Gasteiger partial charge on any atom is -0.493 e. The van der Waals surface area contributed by atoms with E-state index >= 15 is 0 Å². The predicted molar refractivity (Wildman–Crippen MR) is 99.0 cm³/mol. The lowest BCUT2D eigenvalue weighted by molar-refractivity contribution is -0.132. The molecule has 8 heteroatoms. The monoisotopic (exact) mass is 433 g/mol. The Morgan fingerprint density at radius 1 is 1.30 bits per heavy atom. The predicted octanol–water partition coefficient (Wildman–Crippen LogP) is 3.87. The van der Waals surface area contributed by atoms with Crippen LogP contribution in [0.4, 0.5) is 4.39 Å². The molecule has 2 aromatic carbocycles. The molecule has 27 heavy (non-hydrogen) atoms. The average Bonchev–Trinajstić information content (AvgIpc) is 2.97. The van der Waals surface area contributed by atoms with E-state index in [9.17, 15) is 14.0 Å². The molecule has 0 aliphatic carbocycles. The summed E-state index contributed by atoms with van der Waals surface area (Å²) in [5, 5.41) is 0. The summed E-state index contributed by atoms with van der Waals surface area (Å²) in [6.45, 7) is 1.27. The Hall–Kier alpha value is -3.00. The van der Waals surface area contributed by atoms with Crippen LogP contribution in [-0.2, 0) is 14.3 Å². The highest BCUT2D eigenvalue weighted by Gasteiger charge is 2.26. The van der Waals surface area contributed by atoms with Crippen LogP contribution >= 0.6 is 15.9 Å². The van der Waals surface area contributed by atoms with Crippen LogP contribution < -0.4 is 9.47 Å². The Bertz CT molecular complexity index is 1000. The number of cyclic esters (lactones) is 1. The highest BCUT2D eigenvalue weighted by molar-refractivity contribution is 9.10. The number of esters is 2. The molecule has 0 atom stereocenters. The molecule has 3 rings (SSSR count). The van der Waals surface area contributed by atoms with Crippen molar-refractivity contribution in [3.8, 4) is 11.5 Å². The van der Waals surface area contributed by atoms with Gasteiger partial charge in [-0.15, -0.1) is 0 Å². The van der Waals surface area contributed by atoms with E-state index in [2.05, 4.69) is 20.9 Å². The number of carbonyl (C=O) groups is 2. The third kappa shape index (κ3) is 4.06. The molecule has 1 heterocycles. The molecule has 6 nitrogen and oxygen atoms in total. The molecule has 0 amide bonds. The number of hydrogen-bond donors (Lipinski definition) is 0. The minimum absolute atomic E-state index is 0.00226. The fraction of sp³-hybridized carbons (Fsp3) is 0.105. The quantitative estimate of drug-likeness (QED) is 0.415. The lowest BCUT2D eigenvalue weighted by Gasteiger charge is -2.11. The van der Waals surface area contributed by atoms with E-state index in [1.54, 1.807) is 18.2 Å². The van der Waals surface area contributed by atoms with Gasteiger partial charge in [-0.2, -0.15) is 0 Å². The Morgan fingerprint density at radius 2 is 2.04 bits per heavy atom. The number of aliphatic imine (C=N–C) groups is 1. The number of benzene rings is 2. The van der Waals surface area contributed by atoms with E-state index in [0.29, 0.717) is 10.0 Å². The fourth-order valence-electron chi connectivity index (χ4n) is 2.38. The van der Waals surface area contributed by atoms with E-state index in [4.69, 9.17) is 14.2 Å². The van der Waals surface area contributed by atoms with Crippen LogP contribution in [0.15, 0.2) is 51.6 Å². The summed E-state index contributed by atoms with van der Waals surface area (Å²) in [6, 6.07) is 9.06. The molecule has 1 aliphatic heterocycles. The van der Waals surface area contributed by atoms with Gasteiger partial charge in [0, 0.05) is 6.92 Å². The van der Waals surface area contributed by atoms with E-state index in [1.165, 1.54) is 38.3 Å². The molecule has 0 saturated heterocycles. The van der Waals surface area contributed by atoms with Gasteiger partial charge in [0.1, 0.15) is 5.82 Å². The van der Waals surface area contributed by atoms with Gasteiger partial charge >= 0.3 is 11.9 Å². The Kier molecular flexibility index (Phi) is 5.36. The first-order valence-electron chi connectivity index (χ1n) is 7.72. The van der Waals surface area contributed by atoms with Crippen molar-refractivity contribution < 1.29 is 28.2 Å². The van der Waals surface area contributed by atoms with Crippen molar-refractivity contribution in [1.82, 2.24) is 0 Å². The average molecular weight is 434 g/mol. The minimum atomic E-state index is -0.701. The topological polar surface area (TPSA) is 74.2 Å². The number of rotatable bonds is 4. The van der Waals surface area contributed by atoms with Crippen LogP contribution in [0.2, 0.25) is 0 Å². The zero-order valence-electron chi connectivity index (χ0n) is 14.3. The van der Waals surface area contributed by atoms with Crippen molar-refractivity contribution in [2.45, 2.75) is 6.92 Å². The zero-order valence-corrected chi connectivity index (χ0v) is 15.9. The number of hydrogen-bond acceptors (Lipinski definition) is 6. The summed E-state index contributed by atoms with van der Waals surface area (Å²) in [5.41, 5.74) is 0.640. The van der Waals surface area contributed by atoms with Crippen molar-refractivity contribution in [3.05, 3.63) is 63.5 Å². The first-order valence-corrected chi connectivity index (χ1v) is 8.51. The second-order valence-electron chi connectivity index (χ2n) is 5.44. The van der Waals surface area contributed by atoms with Crippen LogP contribution in [0.1, 0.15) is 18.1 Å². The molecule has 0 aromatic heterocycles. The van der Waals surface area contributed by atoms with Crippen LogP contribution in [-0.4, -0.2) is 24.9 Å². The van der Waals surface area contributed by atoms with Crippen molar-refractivity contribution in [2.75, 3.05) is 7.11 Å². The molecular formula is C19H13BrFNO5. The summed E-state index contributed by atoms with van der Waals surface area (Å²) in [5.74, 6) is -1.34. The van der Waals surface area contributed by atoms with Crippen LogP contribution in [0.5, 0.6) is 11.5 Å². The molecule has 0 spiro atoms. The maximum atomic E-state index is 13.9. The Balaban J connectivity index is 1.99. The zero-order chi connectivity index (χ0) is 19.6. The molecule has 0 bridgehead atoms. The Morgan fingerprint density at radius 3 is 2.70 bits per heavy atom. The van der Waals surface area contributed by atoms with Gasteiger partial charge in [0.25, 0.3) is 0 Å². The van der Waals surface area contributed by atoms with Crippen molar-refractivity contribution in [3.63, 3.8) is 0 Å². The van der Waals surface area contributed by atoms with E-state index in [1.807, 2.05) is 0 Å².